The summed E-state index contributed by atoms with van der Waals surface area (Å²) in [5, 5.41) is 17.9. The number of aromatic nitrogens is 4. The second-order valence-corrected chi connectivity index (χ2v) is 4.92. The Hall–Kier alpha value is -1.67. The highest BCUT2D eigenvalue weighted by Crippen LogP contribution is 2.36. The minimum absolute atomic E-state index is 0.488. The van der Waals surface area contributed by atoms with Crippen LogP contribution in [0.4, 0.5) is 13.2 Å². The fraction of sp³-hybridized carbons (Fsp3) is 0.778. The first kappa shape index (κ1) is 14.4. The van der Waals surface area contributed by atoms with Crippen LogP contribution in [0.3, 0.4) is 0 Å². The van der Waals surface area contributed by atoms with E-state index in [9.17, 15) is 18.0 Å². The van der Waals surface area contributed by atoms with Gasteiger partial charge in [0, 0.05) is 0 Å². The largest absolute Gasteiger partial charge is 0.481 e. The molecule has 1 unspecified atom stereocenters. The van der Waals surface area contributed by atoms with E-state index in [2.05, 4.69) is 15.5 Å². The molecule has 1 atom stereocenters. The zero-order chi connectivity index (χ0) is 14.1. The Kier molecular flexibility index (Phi) is 3.63. The Morgan fingerprint density at radius 3 is 2.33 bits per heavy atom. The van der Waals surface area contributed by atoms with E-state index in [0.717, 1.165) is 0 Å². The average Bonchev–Trinajstić information content (AvgIpc) is 2.58. The summed E-state index contributed by atoms with van der Waals surface area (Å²) < 4.78 is 38.5. The van der Waals surface area contributed by atoms with E-state index in [4.69, 9.17) is 5.11 Å². The Morgan fingerprint density at radius 2 is 1.94 bits per heavy atom. The van der Waals surface area contributed by atoms with Crippen molar-refractivity contribution in [2.45, 2.75) is 39.4 Å². The Balaban J connectivity index is 3.23. The highest BCUT2D eigenvalue weighted by molar-refractivity contribution is 5.67. The Labute approximate surface area is 101 Å². The van der Waals surface area contributed by atoms with Gasteiger partial charge in [0.15, 0.2) is 0 Å². The van der Waals surface area contributed by atoms with Crippen molar-refractivity contribution in [1.82, 2.24) is 20.2 Å². The monoisotopic (exact) mass is 266 g/mol. The first-order valence-electron chi connectivity index (χ1n) is 5.10. The fourth-order valence-corrected chi connectivity index (χ4v) is 1.52. The number of rotatable bonds is 3. The molecule has 18 heavy (non-hydrogen) atoms. The van der Waals surface area contributed by atoms with Gasteiger partial charge in [-0.3, -0.25) is 4.79 Å². The van der Waals surface area contributed by atoms with E-state index in [1.165, 1.54) is 0 Å². The molecule has 1 rings (SSSR count). The number of halogens is 3. The van der Waals surface area contributed by atoms with Crippen molar-refractivity contribution in [2.24, 2.45) is 5.41 Å². The molecule has 0 amide bonds. The van der Waals surface area contributed by atoms with Gasteiger partial charge in [0.25, 0.3) is 5.82 Å². The fourth-order valence-electron chi connectivity index (χ4n) is 1.52. The van der Waals surface area contributed by atoms with Crippen molar-refractivity contribution in [3.8, 4) is 0 Å². The summed E-state index contributed by atoms with van der Waals surface area (Å²) in [5.41, 5.74) is -0.728. The van der Waals surface area contributed by atoms with Crippen LogP contribution in [0, 0.1) is 5.41 Å². The Bertz CT molecular complexity index is 436. The molecule has 1 aromatic heterocycles. The quantitative estimate of drug-likeness (QED) is 0.901. The lowest BCUT2D eigenvalue weighted by Gasteiger charge is -2.29. The van der Waals surface area contributed by atoms with E-state index in [1.807, 2.05) is 0 Å². The van der Waals surface area contributed by atoms with E-state index in [-0.39, 0.29) is 0 Å². The van der Waals surface area contributed by atoms with E-state index < -0.39 is 35.8 Å². The van der Waals surface area contributed by atoms with Crippen LogP contribution in [0.1, 0.15) is 39.1 Å². The van der Waals surface area contributed by atoms with E-state index in [1.54, 1.807) is 20.8 Å². The average molecular weight is 266 g/mol. The van der Waals surface area contributed by atoms with Crippen molar-refractivity contribution < 1.29 is 23.1 Å². The number of aliphatic carboxylic acids is 1. The van der Waals surface area contributed by atoms with E-state index in [0.29, 0.717) is 4.68 Å². The van der Waals surface area contributed by atoms with Gasteiger partial charge < -0.3 is 5.11 Å². The number of alkyl halides is 3. The first-order chi connectivity index (χ1) is 8.03. The highest BCUT2D eigenvalue weighted by Gasteiger charge is 2.42. The number of carboxylic acids is 1. The van der Waals surface area contributed by atoms with Gasteiger partial charge in [-0.25, -0.2) is 4.68 Å². The van der Waals surface area contributed by atoms with Gasteiger partial charge in [-0.1, -0.05) is 20.8 Å². The normalized spacial score (nSPS) is 14.6. The molecule has 0 saturated heterocycles. The third-order valence-corrected chi connectivity index (χ3v) is 2.41. The number of hydrogen-bond donors (Lipinski definition) is 1. The molecule has 0 radical (unpaired) electrons. The second-order valence-electron chi connectivity index (χ2n) is 4.92. The molecule has 6 nitrogen and oxygen atoms in total. The summed E-state index contributed by atoms with van der Waals surface area (Å²) in [6, 6.07) is -0.985. The van der Waals surface area contributed by atoms with Crippen molar-refractivity contribution >= 4 is 5.97 Å². The standard InChI is InChI=1S/C9H13F3N4O2/c1-8(2,3)5(4-6(17)18)16-7(9(10,11)12)13-14-15-16/h5H,4H2,1-3H3,(H,17,18). The summed E-state index contributed by atoms with van der Waals surface area (Å²) in [4.78, 5) is 10.7. The minimum Gasteiger partial charge on any atom is -0.481 e. The van der Waals surface area contributed by atoms with Crippen LogP contribution < -0.4 is 0 Å². The molecular formula is C9H13F3N4O2. The predicted molar refractivity (Wildman–Crippen MR) is 53.6 cm³/mol. The summed E-state index contributed by atoms with van der Waals surface area (Å²) in [5.74, 6) is -2.50. The van der Waals surface area contributed by atoms with Crippen LogP contribution in [0.25, 0.3) is 0 Å². The highest BCUT2D eigenvalue weighted by atomic mass is 19.4. The third-order valence-electron chi connectivity index (χ3n) is 2.41. The lowest BCUT2D eigenvalue weighted by Crippen LogP contribution is -2.31. The maximum absolute atomic E-state index is 12.7. The third kappa shape index (κ3) is 3.17. The van der Waals surface area contributed by atoms with Crippen LogP contribution in [0.2, 0.25) is 0 Å². The number of tetrazole rings is 1. The van der Waals surface area contributed by atoms with Gasteiger partial charge in [0.05, 0.1) is 12.5 Å². The lowest BCUT2D eigenvalue weighted by molar-refractivity contribution is -0.151. The number of nitrogens with zero attached hydrogens (tertiary/aromatic N) is 4. The zero-order valence-electron chi connectivity index (χ0n) is 10.1. The molecule has 102 valence electrons. The van der Waals surface area contributed by atoms with Crippen molar-refractivity contribution in [3.63, 3.8) is 0 Å². The first-order valence-corrected chi connectivity index (χ1v) is 5.10. The number of carbonyl (C=O) groups is 1. The van der Waals surface area contributed by atoms with E-state index >= 15 is 0 Å². The van der Waals surface area contributed by atoms with Gasteiger partial charge in [-0.15, -0.1) is 5.10 Å². The van der Waals surface area contributed by atoms with Crippen molar-refractivity contribution in [1.29, 1.82) is 0 Å². The van der Waals surface area contributed by atoms with Crippen molar-refractivity contribution in [3.05, 3.63) is 5.82 Å². The molecule has 0 bridgehead atoms. The molecule has 0 spiro atoms. The van der Waals surface area contributed by atoms with Gasteiger partial charge in [-0.2, -0.15) is 13.2 Å². The molecule has 0 fully saturated rings. The summed E-state index contributed by atoms with van der Waals surface area (Å²) in [7, 11) is 0. The maximum atomic E-state index is 12.7. The van der Waals surface area contributed by atoms with Crippen LogP contribution in [-0.4, -0.2) is 31.3 Å². The van der Waals surface area contributed by atoms with Crippen LogP contribution in [0.5, 0.6) is 0 Å². The Morgan fingerprint density at radius 1 is 1.39 bits per heavy atom. The second kappa shape index (κ2) is 4.54. The molecule has 1 N–H and O–H groups in total. The summed E-state index contributed by atoms with van der Waals surface area (Å²) in [6.45, 7) is 4.88. The molecule has 0 saturated carbocycles. The molecule has 0 aliphatic carbocycles. The van der Waals surface area contributed by atoms with Gasteiger partial charge >= 0.3 is 12.1 Å². The molecular weight excluding hydrogens is 253 g/mol. The van der Waals surface area contributed by atoms with Gasteiger partial charge in [0.2, 0.25) is 0 Å². The van der Waals surface area contributed by atoms with Crippen LogP contribution >= 0.6 is 0 Å². The topological polar surface area (TPSA) is 80.9 Å². The van der Waals surface area contributed by atoms with Gasteiger partial charge in [0.1, 0.15) is 0 Å². The number of carboxylic acid groups (broad SMARTS) is 1. The molecule has 9 heteroatoms. The minimum atomic E-state index is -4.72. The van der Waals surface area contributed by atoms with Crippen molar-refractivity contribution in [2.75, 3.05) is 0 Å². The molecule has 0 aromatic carbocycles. The SMILES string of the molecule is CC(C)(C)C(CC(=O)O)n1nnnc1C(F)(F)F. The predicted octanol–water partition coefficient (Wildman–Crippen LogP) is 1.75. The maximum Gasteiger partial charge on any atom is 0.453 e. The van der Waals surface area contributed by atoms with Crippen LogP contribution in [0.15, 0.2) is 0 Å². The number of hydrogen-bond acceptors (Lipinski definition) is 4. The lowest BCUT2D eigenvalue weighted by atomic mass is 9.85. The van der Waals surface area contributed by atoms with Gasteiger partial charge in [-0.05, 0) is 15.8 Å². The molecule has 1 aromatic rings. The zero-order valence-corrected chi connectivity index (χ0v) is 10.1. The summed E-state index contributed by atoms with van der Waals surface area (Å²) >= 11 is 0. The molecule has 0 aliphatic heterocycles. The smallest absolute Gasteiger partial charge is 0.453 e. The molecule has 1 heterocycles. The molecule has 0 aliphatic rings. The summed E-state index contributed by atoms with van der Waals surface area (Å²) in [6.07, 6.45) is -5.21. The van der Waals surface area contributed by atoms with Crippen LogP contribution in [-0.2, 0) is 11.0 Å².